The van der Waals surface area contributed by atoms with Crippen molar-refractivity contribution < 1.29 is 14.3 Å². The van der Waals surface area contributed by atoms with Crippen LogP contribution in [0.4, 0.5) is 0 Å². The lowest BCUT2D eigenvalue weighted by Crippen LogP contribution is -2.51. The zero-order valence-electron chi connectivity index (χ0n) is 17.8. The maximum absolute atomic E-state index is 13.2. The third-order valence-corrected chi connectivity index (χ3v) is 5.83. The first-order valence-electron chi connectivity index (χ1n) is 10.2. The molecule has 2 atom stereocenters. The van der Waals surface area contributed by atoms with Gasteiger partial charge in [0.25, 0.3) is 5.91 Å². The Labute approximate surface area is 198 Å². The van der Waals surface area contributed by atoms with Gasteiger partial charge in [0, 0.05) is 22.6 Å². The highest BCUT2D eigenvalue weighted by molar-refractivity contribution is 6.35. The minimum Gasteiger partial charge on any atom is -0.482 e. The third kappa shape index (κ3) is 7.30. The number of hydrogen-bond donors (Lipinski definition) is 1. The van der Waals surface area contributed by atoms with E-state index in [0.717, 1.165) is 12.0 Å². The molecule has 31 heavy (non-hydrogen) atoms. The van der Waals surface area contributed by atoms with Gasteiger partial charge in [0.15, 0.2) is 6.61 Å². The van der Waals surface area contributed by atoms with E-state index in [2.05, 4.69) is 5.32 Å². The van der Waals surface area contributed by atoms with E-state index in [-0.39, 0.29) is 31.0 Å². The third-order valence-electron chi connectivity index (χ3n) is 4.93. The van der Waals surface area contributed by atoms with E-state index in [0.29, 0.717) is 27.2 Å². The smallest absolute Gasteiger partial charge is 0.261 e. The highest BCUT2D eigenvalue weighted by Gasteiger charge is 2.30. The summed E-state index contributed by atoms with van der Waals surface area (Å²) >= 11 is 18.4. The van der Waals surface area contributed by atoms with Crippen LogP contribution >= 0.6 is 34.8 Å². The van der Waals surface area contributed by atoms with Crippen molar-refractivity contribution in [1.82, 2.24) is 10.2 Å². The van der Waals surface area contributed by atoms with Crippen LogP contribution in [0.3, 0.4) is 0 Å². The van der Waals surface area contributed by atoms with Crippen LogP contribution in [0, 0.1) is 0 Å². The van der Waals surface area contributed by atoms with Crippen LogP contribution in [0.1, 0.15) is 39.2 Å². The fourth-order valence-corrected chi connectivity index (χ4v) is 3.64. The molecule has 2 amide bonds. The zero-order chi connectivity index (χ0) is 23.0. The summed E-state index contributed by atoms with van der Waals surface area (Å²) in [5.41, 5.74) is 0.747. The summed E-state index contributed by atoms with van der Waals surface area (Å²) in [6.07, 6.45) is 1.24. The number of nitrogens with one attached hydrogen (secondary N) is 1. The molecule has 0 spiro atoms. The lowest BCUT2D eigenvalue weighted by molar-refractivity contribution is -0.143. The van der Waals surface area contributed by atoms with Crippen molar-refractivity contribution in [1.29, 1.82) is 0 Å². The summed E-state index contributed by atoms with van der Waals surface area (Å²) in [5.74, 6) is -0.215. The van der Waals surface area contributed by atoms with Gasteiger partial charge in [-0.2, -0.15) is 0 Å². The summed E-state index contributed by atoms with van der Waals surface area (Å²) in [6.45, 7) is 5.69. The number of halogens is 3. The van der Waals surface area contributed by atoms with Gasteiger partial charge in [-0.15, -0.1) is 0 Å². The van der Waals surface area contributed by atoms with Gasteiger partial charge < -0.3 is 15.0 Å². The lowest BCUT2D eigenvalue weighted by Gasteiger charge is -2.31. The van der Waals surface area contributed by atoms with Crippen LogP contribution in [-0.4, -0.2) is 35.4 Å². The van der Waals surface area contributed by atoms with Crippen molar-refractivity contribution in [3.05, 3.63) is 63.1 Å². The molecular weight excluding hydrogens is 459 g/mol. The molecule has 8 heteroatoms. The Bertz CT molecular complexity index is 907. The zero-order valence-corrected chi connectivity index (χ0v) is 20.1. The molecule has 0 aromatic heterocycles. The molecule has 0 saturated carbocycles. The van der Waals surface area contributed by atoms with Gasteiger partial charge >= 0.3 is 0 Å². The summed E-state index contributed by atoms with van der Waals surface area (Å²) in [6, 6.07) is 11.4. The van der Waals surface area contributed by atoms with Gasteiger partial charge in [-0.1, -0.05) is 66.8 Å². The molecule has 0 radical (unpaired) electrons. The average Bonchev–Trinajstić information content (AvgIpc) is 2.74. The molecule has 0 fully saturated rings. The summed E-state index contributed by atoms with van der Waals surface area (Å²) < 4.78 is 5.63. The second-order valence-electron chi connectivity index (χ2n) is 7.22. The largest absolute Gasteiger partial charge is 0.482 e. The molecule has 2 unspecified atom stereocenters. The maximum Gasteiger partial charge on any atom is 0.261 e. The van der Waals surface area contributed by atoms with Crippen LogP contribution in [0.2, 0.25) is 15.1 Å². The van der Waals surface area contributed by atoms with Crippen LogP contribution in [0.15, 0.2) is 42.5 Å². The molecule has 1 N–H and O–H groups in total. The Morgan fingerprint density at radius 1 is 1.03 bits per heavy atom. The van der Waals surface area contributed by atoms with Crippen LogP contribution in [0.5, 0.6) is 5.75 Å². The molecule has 0 bridgehead atoms. The molecule has 2 rings (SSSR count). The van der Waals surface area contributed by atoms with Crippen molar-refractivity contribution in [2.45, 2.75) is 52.2 Å². The molecule has 5 nitrogen and oxygen atoms in total. The maximum atomic E-state index is 13.2. The molecule has 0 aliphatic carbocycles. The minimum atomic E-state index is -0.665. The Morgan fingerprint density at radius 3 is 2.35 bits per heavy atom. The Morgan fingerprint density at radius 2 is 1.74 bits per heavy atom. The number of amides is 2. The Balaban J connectivity index is 2.25. The van der Waals surface area contributed by atoms with E-state index in [1.165, 1.54) is 4.90 Å². The quantitative estimate of drug-likeness (QED) is 0.466. The highest BCUT2D eigenvalue weighted by Crippen LogP contribution is 2.28. The summed E-state index contributed by atoms with van der Waals surface area (Å²) in [7, 11) is 0. The van der Waals surface area contributed by atoms with E-state index in [4.69, 9.17) is 39.5 Å². The number of rotatable bonds is 10. The molecule has 0 aliphatic heterocycles. The van der Waals surface area contributed by atoms with Gasteiger partial charge in [0.2, 0.25) is 5.91 Å². The van der Waals surface area contributed by atoms with E-state index >= 15 is 0 Å². The van der Waals surface area contributed by atoms with E-state index in [1.807, 2.05) is 39.0 Å². The van der Waals surface area contributed by atoms with Gasteiger partial charge in [-0.05, 0) is 49.6 Å². The SMILES string of the molecule is CCC(C)NC(=O)C(CC)N(Cc1ccccc1Cl)C(=O)COc1ccc(Cl)cc1Cl. The number of carbonyl (C=O) groups is 2. The van der Waals surface area contributed by atoms with Crippen molar-refractivity contribution in [3.8, 4) is 5.75 Å². The Hall–Kier alpha value is -1.95. The van der Waals surface area contributed by atoms with Gasteiger partial charge in [0.05, 0.1) is 5.02 Å². The molecule has 0 saturated heterocycles. The van der Waals surface area contributed by atoms with Crippen LogP contribution in [-0.2, 0) is 16.1 Å². The molecule has 2 aromatic rings. The summed E-state index contributed by atoms with van der Waals surface area (Å²) in [4.78, 5) is 27.6. The highest BCUT2D eigenvalue weighted by atomic mass is 35.5. The predicted octanol–water partition coefficient (Wildman–Crippen LogP) is 5.75. The number of carbonyl (C=O) groups excluding carboxylic acids is 2. The normalized spacial score (nSPS) is 12.7. The minimum absolute atomic E-state index is 0.00272. The van der Waals surface area contributed by atoms with E-state index in [9.17, 15) is 9.59 Å². The first-order chi connectivity index (χ1) is 14.8. The van der Waals surface area contributed by atoms with Gasteiger partial charge in [0.1, 0.15) is 11.8 Å². The van der Waals surface area contributed by atoms with Gasteiger partial charge in [-0.25, -0.2) is 0 Å². The molecule has 168 valence electrons. The molecular formula is C23H27Cl3N2O3. The second kappa shape index (κ2) is 12.2. The van der Waals surface area contributed by atoms with E-state index in [1.54, 1.807) is 24.3 Å². The fourth-order valence-electron chi connectivity index (χ4n) is 2.99. The van der Waals surface area contributed by atoms with Crippen molar-refractivity contribution >= 4 is 46.6 Å². The monoisotopic (exact) mass is 484 g/mol. The van der Waals surface area contributed by atoms with E-state index < -0.39 is 6.04 Å². The first kappa shape index (κ1) is 25.3. The standard InChI is InChI=1S/C23H27Cl3N2O3/c1-4-15(3)27-23(30)20(5-2)28(13-16-8-6-7-9-18(16)25)22(29)14-31-21-11-10-17(24)12-19(21)26/h6-12,15,20H,4-5,13-14H2,1-3H3,(H,27,30). The van der Waals surface area contributed by atoms with Crippen LogP contribution < -0.4 is 10.1 Å². The second-order valence-corrected chi connectivity index (χ2v) is 8.47. The summed E-state index contributed by atoms with van der Waals surface area (Å²) in [5, 5.41) is 4.26. The van der Waals surface area contributed by atoms with Crippen LogP contribution in [0.25, 0.3) is 0 Å². The first-order valence-corrected chi connectivity index (χ1v) is 11.3. The Kier molecular flexibility index (Phi) is 9.94. The van der Waals surface area contributed by atoms with Gasteiger partial charge in [-0.3, -0.25) is 9.59 Å². The number of benzene rings is 2. The molecule has 0 aliphatic rings. The predicted molar refractivity (Wildman–Crippen MR) is 126 cm³/mol. The van der Waals surface area contributed by atoms with Crippen molar-refractivity contribution in [2.75, 3.05) is 6.61 Å². The topological polar surface area (TPSA) is 58.6 Å². The lowest BCUT2D eigenvalue weighted by atomic mass is 10.1. The molecule has 0 heterocycles. The molecule has 2 aromatic carbocycles. The number of nitrogens with zero attached hydrogens (tertiary/aromatic N) is 1. The number of ether oxygens (including phenoxy) is 1. The fraction of sp³-hybridized carbons (Fsp3) is 0.391. The van der Waals surface area contributed by atoms with Crippen molar-refractivity contribution in [3.63, 3.8) is 0 Å². The number of hydrogen-bond acceptors (Lipinski definition) is 3. The average molecular weight is 486 g/mol. The van der Waals surface area contributed by atoms with Crippen molar-refractivity contribution in [2.24, 2.45) is 0 Å².